The largest absolute Gasteiger partial charge is 0.456 e. The number of esters is 1. The van der Waals surface area contributed by atoms with Gasteiger partial charge in [-0.05, 0) is 18.9 Å². The van der Waals surface area contributed by atoms with Gasteiger partial charge < -0.3 is 9.47 Å². The van der Waals surface area contributed by atoms with Crippen LogP contribution in [0.2, 0.25) is 0 Å². The molecule has 0 amide bonds. The highest BCUT2D eigenvalue weighted by molar-refractivity contribution is 5.76. The van der Waals surface area contributed by atoms with E-state index in [1.165, 1.54) is 6.92 Å². The molecule has 1 rings (SSSR count). The van der Waals surface area contributed by atoms with Crippen LogP contribution in [0.5, 0.6) is 0 Å². The van der Waals surface area contributed by atoms with E-state index in [0.717, 1.165) is 0 Å². The third-order valence-electron chi connectivity index (χ3n) is 2.86. The summed E-state index contributed by atoms with van der Waals surface area (Å²) in [4.78, 5) is 11.7. The molecular formula is C15H19F3O3. The zero-order chi connectivity index (χ0) is 15.9. The fourth-order valence-electron chi connectivity index (χ4n) is 1.67. The van der Waals surface area contributed by atoms with E-state index in [-0.39, 0.29) is 6.61 Å². The third kappa shape index (κ3) is 5.75. The molecule has 1 aromatic rings. The number of ether oxygens (including phenoxy) is 2. The molecule has 0 fully saturated rings. The highest BCUT2D eigenvalue weighted by atomic mass is 19.4. The van der Waals surface area contributed by atoms with Crippen LogP contribution in [0.4, 0.5) is 13.2 Å². The van der Waals surface area contributed by atoms with Crippen LogP contribution in [0.3, 0.4) is 0 Å². The molecule has 0 heterocycles. The number of unbranched alkanes of at least 4 members (excludes halogenated alkanes) is 1. The van der Waals surface area contributed by atoms with Gasteiger partial charge in [0.25, 0.3) is 6.10 Å². The van der Waals surface area contributed by atoms with Crippen molar-refractivity contribution >= 4 is 5.97 Å². The van der Waals surface area contributed by atoms with Crippen LogP contribution < -0.4 is 0 Å². The molecule has 0 aromatic heterocycles. The van der Waals surface area contributed by atoms with Gasteiger partial charge in [0.05, 0.1) is 0 Å². The quantitative estimate of drug-likeness (QED) is 0.563. The van der Waals surface area contributed by atoms with Crippen molar-refractivity contribution in [2.45, 2.75) is 45.1 Å². The number of carbonyl (C=O) groups excluding carboxylic acids is 1. The summed E-state index contributed by atoms with van der Waals surface area (Å²) >= 11 is 0. The van der Waals surface area contributed by atoms with Gasteiger partial charge in [0.2, 0.25) is 0 Å². The highest BCUT2D eigenvalue weighted by Gasteiger charge is 2.47. The summed E-state index contributed by atoms with van der Waals surface area (Å²) in [5, 5.41) is 0. The van der Waals surface area contributed by atoms with Crippen molar-refractivity contribution < 1.29 is 27.4 Å². The minimum absolute atomic E-state index is 0.129. The molecule has 118 valence electrons. The van der Waals surface area contributed by atoms with Gasteiger partial charge in [0.15, 0.2) is 0 Å². The molecule has 0 aliphatic rings. The first-order valence-electron chi connectivity index (χ1n) is 6.80. The topological polar surface area (TPSA) is 35.5 Å². The van der Waals surface area contributed by atoms with Crippen LogP contribution in [0, 0.1) is 0 Å². The monoisotopic (exact) mass is 304 g/mol. The highest BCUT2D eigenvalue weighted by Crippen LogP contribution is 2.26. The van der Waals surface area contributed by atoms with Gasteiger partial charge in [-0.3, -0.25) is 0 Å². The van der Waals surface area contributed by atoms with Crippen LogP contribution in [-0.4, -0.2) is 24.9 Å². The number of alkyl halides is 3. The minimum Gasteiger partial charge on any atom is -0.456 e. The number of rotatable bonds is 7. The van der Waals surface area contributed by atoms with Crippen LogP contribution in [0.15, 0.2) is 30.3 Å². The lowest BCUT2D eigenvalue weighted by molar-refractivity contribution is -0.232. The Bertz CT molecular complexity index is 432. The first-order valence-corrected chi connectivity index (χ1v) is 6.80. The first-order chi connectivity index (χ1) is 9.86. The van der Waals surface area contributed by atoms with E-state index in [9.17, 15) is 18.0 Å². The SMILES string of the molecule is CCCCOC(C(=O)OC(C)c1ccccc1)C(F)(F)F. The summed E-state index contributed by atoms with van der Waals surface area (Å²) in [6.45, 7) is 3.21. The van der Waals surface area contributed by atoms with E-state index in [1.54, 1.807) is 30.3 Å². The van der Waals surface area contributed by atoms with Crippen LogP contribution in [0.25, 0.3) is 0 Å². The molecule has 0 radical (unpaired) electrons. The Labute approximate surface area is 122 Å². The van der Waals surface area contributed by atoms with Crippen molar-refractivity contribution in [1.29, 1.82) is 0 Å². The van der Waals surface area contributed by atoms with Crippen molar-refractivity contribution in [3.63, 3.8) is 0 Å². The molecule has 0 spiro atoms. The lowest BCUT2D eigenvalue weighted by atomic mass is 10.1. The van der Waals surface area contributed by atoms with Crippen LogP contribution in [0.1, 0.15) is 38.4 Å². The van der Waals surface area contributed by atoms with E-state index in [4.69, 9.17) is 4.74 Å². The molecule has 2 atom stereocenters. The number of carbonyl (C=O) groups is 1. The maximum atomic E-state index is 12.8. The Morgan fingerprint density at radius 3 is 2.38 bits per heavy atom. The third-order valence-corrected chi connectivity index (χ3v) is 2.86. The summed E-state index contributed by atoms with van der Waals surface area (Å²) in [6, 6.07) is 8.57. The van der Waals surface area contributed by atoms with E-state index >= 15 is 0 Å². The molecule has 3 nitrogen and oxygen atoms in total. The van der Waals surface area contributed by atoms with Gasteiger partial charge in [0, 0.05) is 6.61 Å². The van der Waals surface area contributed by atoms with Gasteiger partial charge in [-0.25, -0.2) is 4.79 Å². The normalized spacial score (nSPS) is 14.5. The van der Waals surface area contributed by atoms with Gasteiger partial charge in [-0.2, -0.15) is 13.2 Å². The molecular weight excluding hydrogens is 285 g/mol. The molecule has 0 aliphatic heterocycles. The molecule has 21 heavy (non-hydrogen) atoms. The Kier molecular flexibility index (Phi) is 6.68. The Morgan fingerprint density at radius 1 is 1.24 bits per heavy atom. The summed E-state index contributed by atoms with van der Waals surface area (Å²) in [5.41, 5.74) is 0.625. The number of hydrogen-bond acceptors (Lipinski definition) is 3. The summed E-state index contributed by atoms with van der Waals surface area (Å²) in [5.74, 6) is -1.41. The van der Waals surface area contributed by atoms with Gasteiger partial charge in [0.1, 0.15) is 6.10 Å². The average molecular weight is 304 g/mol. The summed E-state index contributed by atoms with van der Waals surface area (Å²) < 4.78 is 48.0. The Morgan fingerprint density at radius 2 is 1.86 bits per heavy atom. The average Bonchev–Trinajstić information content (AvgIpc) is 2.43. The lowest BCUT2D eigenvalue weighted by Crippen LogP contribution is -2.40. The molecule has 6 heteroatoms. The van der Waals surface area contributed by atoms with Crippen LogP contribution >= 0.6 is 0 Å². The van der Waals surface area contributed by atoms with Gasteiger partial charge in [-0.1, -0.05) is 43.7 Å². The maximum absolute atomic E-state index is 12.8. The number of hydrogen-bond donors (Lipinski definition) is 0. The van der Waals surface area contributed by atoms with Crippen molar-refractivity contribution in [3.05, 3.63) is 35.9 Å². The predicted octanol–water partition coefficient (Wildman–Crippen LogP) is 4.04. The Balaban J connectivity index is 2.68. The fourth-order valence-corrected chi connectivity index (χ4v) is 1.67. The molecule has 2 unspecified atom stereocenters. The molecule has 0 aliphatic carbocycles. The van der Waals surface area contributed by atoms with Gasteiger partial charge in [-0.15, -0.1) is 0 Å². The summed E-state index contributed by atoms with van der Waals surface area (Å²) in [7, 11) is 0. The fraction of sp³-hybridized carbons (Fsp3) is 0.533. The lowest BCUT2D eigenvalue weighted by Gasteiger charge is -2.22. The Hall–Kier alpha value is -1.56. The minimum atomic E-state index is -4.78. The van der Waals surface area contributed by atoms with E-state index in [1.807, 2.05) is 6.92 Å². The second-order valence-corrected chi connectivity index (χ2v) is 4.64. The standard InChI is InChI=1S/C15H19F3O3/c1-3-4-10-20-13(15(16,17)18)14(19)21-11(2)12-8-6-5-7-9-12/h5-9,11,13H,3-4,10H2,1-2H3. The molecule has 1 aromatic carbocycles. The van der Waals surface area contributed by atoms with Gasteiger partial charge >= 0.3 is 12.1 Å². The van der Waals surface area contributed by atoms with Crippen molar-refractivity contribution in [1.82, 2.24) is 0 Å². The molecule has 0 saturated heterocycles. The second-order valence-electron chi connectivity index (χ2n) is 4.64. The molecule has 0 bridgehead atoms. The molecule has 0 saturated carbocycles. The van der Waals surface area contributed by atoms with E-state index < -0.39 is 24.4 Å². The number of benzene rings is 1. The summed E-state index contributed by atoms with van der Waals surface area (Å²) in [6.07, 6.45) is -6.94. The second kappa shape index (κ2) is 8.02. The number of halogens is 3. The zero-order valence-corrected chi connectivity index (χ0v) is 12.0. The predicted molar refractivity (Wildman–Crippen MR) is 71.7 cm³/mol. The van der Waals surface area contributed by atoms with Crippen LogP contribution in [-0.2, 0) is 14.3 Å². The maximum Gasteiger partial charge on any atom is 0.425 e. The van der Waals surface area contributed by atoms with E-state index in [0.29, 0.717) is 18.4 Å². The molecule has 0 N–H and O–H groups in total. The smallest absolute Gasteiger partial charge is 0.425 e. The first kappa shape index (κ1) is 17.5. The van der Waals surface area contributed by atoms with Crippen molar-refractivity contribution in [2.75, 3.05) is 6.61 Å². The van der Waals surface area contributed by atoms with E-state index in [2.05, 4.69) is 4.74 Å². The van der Waals surface area contributed by atoms with Crippen molar-refractivity contribution in [3.8, 4) is 0 Å². The van der Waals surface area contributed by atoms with Crippen molar-refractivity contribution in [2.24, 2.45) is 0 Å². The zero-order valence-electron chi connectivity index (χ0n) is 12.0.